The van der Waals surface area contributed by atoms with Gasteiger partial charge < -0.3 is 0 Å². The largest absolute Gasteiger partial charge is 0.248 e. The number of rotatable bonds is 1. The molecule has 0 aliphatic rings. The van der Waals surface area contributed by atoms with Crippen LogP contribution in [-0.2, 0) is 0 Å². The second kappa shape index (κ2) is 3.95. The van der Waals surface area contributed by atoms with E-state index >= 15 is 0 Å². The van der Waals surface area contributed by atoms with E-state index in [9.17, 15) is 8.78 Å². The van der Waals surface area contributed by atoms with Crippen LogP contribution in [0, 0.1) is 17.8 Å². The van der Waals surface area contributed by atoms with Gasteiger partial charge in [-0.25, -0.2) is 9.37 Å². The number of aromatic nitrogens is 1. The Morgan fingerprint density at radius 1 is 1.20 bits per heavy atom. The lowest BCUT2D eigenvalue weighted by molar-refractivity contribution is 0.480. The molecule has 4 heteroatoms. The van der Waals surface area contributed by atoms with Gasteiger partial charge in [-0.1, -0.05) is 23.7 Å². The molecule has 0 amide bonds. The highest BCUT2D eigenvalue weighted by molar-refractivity contribution is 6.30. The van der Waals surface area contributed by atoms with E-state index in [-0.39, 0.29) is 0 Å². The molecule has 1 nitrogen and oxygen atoms in total. The van der Waals surface area contributed by atoms with Crippen molar-refractivity contribution in [1.82, 2.24) is 4.98 Å². The van der Waals surface area contributed by atoms with E-state index in [0.717, 1.165) is 6.07 Å². The molecule has 0 aliphatic heterocycles. The summed E-state index contributed by atoms with van der Waals surface area (Å²) in [6.07, 6.45) is 1.25. The Labute approximate surface area is 90.3 Å². The zero-order valence-electron chi connectivity index (χ0n) is 7.47. The van der Waals surface area contributed by atoms with Crippen molar-refractivity contribution in [3.05, 3.63) is 53.3 Å². The van der Waals surface area contributed by atoms with Crippen molar-refractivity contribution in [2.24, 2.45) is 0 Å². The Bertz CT molecular complexity index is 500. The summed E-state index contributed by atoms with van der Waals surface area (Å²) in [5.74, 6) is -2.08. The first-order valence-electron chi connectivity index (χ1n) is 4.15. The summed E-state index contributed by atoms with van der Waals surface area (Å²) < 4.78 is 25.5. The molecule has 1 radical (unpaired) electrons. The third kappa shape index (κ3) is 2.13. The molecule has 1 aromatic heterocycles. The fourth-order valence-corrected chi connectivity index (χ4v) is 1.38. The number of hydrogen-bond acceptors (Lipinski definition) is 1. The van der Waals surface area contributed by atoms with Gasteiger partial charge in [-0.3, -0.25) is 0 Å². The van der Waals surface area contributed by atoms with Gasteiger partial charge >= 0.3 is 0 Å². The van der Waals surface area contributed by atoms with Gasteiger partial charge in [0.2, 0.25) is 5.95 Å². The van der Waals surface area contributed by atoms with Crippen molar-refractivity contribution in [2.45, 2.75) is 0 Å². The Balaban J connectivity index is 2.50. The van der Waals surface area contributed by atoms with Crippen molar-refractivity contribution < 1.29 is 8.78 Å². The molecule has 2 rings (SSSR count). The van der Waals surface area contributed by atoms with E-state index in [4.69, 9.17) is 11.6 Å². The van der Waals surface area contributed by atoms with Crippen molar-refractivity contribution in [3.63, 3.8) is 0 Å². The summed E-state index contributed by atoms with van der Waals surface area (Å²) >= 11 is 5.72. The molecule has 0 saturated carbocycles. The van der Waals surface area contributed by atoms with Gasteiger partial charge in [-0.15, -0.1) is 0 Å². The average molecular weight is 225 g/mol. The minimum absolute atomic E-state index is 0.414. The van der Waals surface area contributed by atoms with Crippen LogP contribution in [0.15, 0.2) is 30.5 Å². The minimum Gasteiger partial charge on any atom is -0.225 e. The van der Waals surface area contributed by atoms with E-state index in [1.54, 1.807) is 18.2 Å². The van der Waals surface area contributed by atoms with Crippen molar-refractivity contribution in [3.8, 4) is 11.1 Å². The number of pyridine rings is 1. The van der Waals surface area contributed by atoms with Crippen LogP contribution in [-0.4, -0.2) is 4.98 Å². The van der Waals surface area contributed by atoms with E-state index < -0.39 is 11.8 Å². The third-order valence-electron chi connectivity index (χ3n) is 1.90. The first-order chi connectivity index (χ1) is 7.16. The fraction of sp³-hybridized carbons (Fsp3) is 0. The number of hydrogen-bond donors (Lipinski definition) is 0. The van der Waals surface area contributed by atoms with Gasteiger partial charge in [0.05, 0.1) is 0 Å². The average Bonchev–Trinajstić information content (AvgIpc) is 2.22. The number of benzene rings is 1. The molecule has 0 saturated heterocycles. The molecule has 0 aliphatic carbocycles. The summed E-state index contributed by atoms with van der Waals surface area (Å²) in [6, 6.07) is 8.73. The second-order valence-corrected chi connectivity index (χ2v) is 3.33. The fourth-order valence-electron chi connectivity index (χ4n) is 1.20. The SMILES string of the molecule is Fc1cc(-c2cc[c]c(Cl)c2)cnc1F. The Morgan fingerprint density at radius 2 is 2.00 bits per heavy atom. The topological polar surface area (TPSA) is 12.9 Å². The van der Waals surface area contributed by atoms with Crippen molar-refractivity contribution in [2.75, 3.05) is 0 Å². The number of halogens is 3. The second-order valence-electron chi connectivity index (χ2n) is 2.92. The zero-order chi connectivity index (χ0) is 10.8. The first kappa shape index (κ1) is 10.1. The van der Waals surface area contributed by atoms with Gasteiger partial charge in [0, 0.05) is 22.8 Å². The summed E-state index contributed by atoms with van der Waals surface area (Å²) in [5.41, 5.74) is 1.15. The van der Waals surface area contributed by atoms with Crippen molar-refractivity contribution in [1.29, 1.82) is 0 Å². The van der Waals surface area contributed by atoms with Crippen LogP contribution >= 0.6 is 11.6 Å². The summed E-state index contributed by atoms with van der Waals surface area (Å²) in [5, 5.41) is 0.414. The smallest absolute Gasteiger partial charge is 0.225 e. The Hall–Kier alpha value is -1.48. The van der Waals surface area contributed by atoms with Gasteiger partial charge in [0.1, 0.15) is 0 Å². The standard InChI is InChI=1S/C11H5ClF2N/c12-9-3-1-2-7(4-9)8-5-10(13)11(14)15-6-8/h1-2,4-6H. The molecule has 0 unspecified atom stereocenters. The highest BCUT2D eigenvalue weighted by Gasteiger charge is 2.05. The highest BCUT2D eigenvalue weighted by Crippen LogP contribution is 2.22. The zero-order valence-corrected chi connectivity index (χ0v) is 8.22. The predicted octanol–water partition coefficient (Wildman–Crippen LogP) is 3.48. The Kier molecular flexibility index (Phi) is 2.64. The van der Waals surface area contributed by atoms with E-state index in [2.05, 4.69) is 11.1 Å². The quantitative estimate of drug-likeness (QED) is 0.676. The maximum absolute atomic E-state index is 12.9. The molecule has 1 heterocycles. The summed E-state index contributed by atoms with van der Waals surface area (Å²) in [4.78, 5) is 3.29. The molecule has 0 spiro atoms. The van der Waals surface area contributed by atoms with Crippen LogP contribution in [0.25, 0.3) is 11.1 Å². The molecular formula is C11H5ClF2N. The van der Waals surface area contributed by atoms with Crippen molar-refractivity contribution >= 4 is 11.6 Å². The maximum atomic E-state index is 12.9. The lowest BCUT2D eigenvalue weighted by Gasteiger charge is -2.01. The van der Waals surface area contributed by atoms with Crippen LogP contribution in [0.1, 0.15) is 0 Å². The molecule has 0 bridgehead atoms. The van der Waals surface area contributed by atoms with Crippen LogP contribution < -0.4 is 0 Å². The molecular weight excluding hydrogens is 220 g/mol. The summed E-state index contributed by atoms with van der Waals surface area (Å²) in [6.45, 7) is 0. The minimum atomic E-state index is -1.10. The monoisotopic (exact) mass is 224 g/mol. The molecule has 2 aromatic rings. The molecule has 15 heavy (non-hydrogen) atoms. The van der Waals surface area contributed by atoms with Gasteiger partial charge in [0.15, 0.2) is 5.82 Å². The van der Waals surface area contributed by atoms with Crippen LogP contribution in [0.3, 0.4) is 0 Å². The van der Waals surface area contributed by atoms with E-state index in [1.165, 1.54) is 6.20 Å². The molecule has 75 valence electrons. The maximum Gasteiger partial charge on any atom is 0.248 e. The highest BCUT2D eigenvalue weighted by atomic mass is 35.5. The van der Waals surface area contributed by atoms with Gasteiger partial charge in [-0.2, -0.15) is 4.39 Å². The lowest BCUT2D eigenvalue weighted by Crippen LogP contribution is -1.90. The van der Waals surface area contributed by atoms with Gasteiger partial charge in [-0.05, 0) is 17.7 Å². The Morgan fingerprint density at radius 3 is 2.67 bits per heavy atom. The van der Waals surface area contributed by atoms with Crippen LogP contribution in [0.4, 0.5) is 8.78 Å². The summed E-state index contributed by atoms with van der Waals surface area (Å²) in [7, 11) is 0. The molecule has 0 N–H and O–H groups in total. The van der Waals surface area contributed by atoms with E-state index in [0.29, 0.717) is 16.1 Å². The van der Waals surface area contributed by atoms with Crippen LogP contribution in [0.2, 0.25) is 5.02 Å². The van der Waals surface area contributed by atoms with E-state index in [1.807, 2.05) is 0 Å². The lowest BCUT2D eigenvalue weighted by atomic mass is 10.1. The van der Waals surface area contributed by atoms with Crippen LogP contribution in [0.5, 0.6) is 0 Å². The van der Waals surface area contributed by atoms with Gasteiger partial charge in [0.25, 0.3) is 0 Å². The number of nitrogens with zero attached hydrogens (tertiary/aromatic N) is 1. The molecule has 1 aromatic carbocycles. The molecule has 0 atom stereocenters. The predicted molar refractivity (Wildman–Crippen MR) is 53.4 cm³/mol. The molecule has 0 fully saturated rings. The third-order valence-corrected chi connectivity index (χ3v) is 2.11. The normalized spacial score (nSPS) is 10.3. The first-order valence-corrected chi connectivity index (χ1v) is 4.53.